The van der Waals surface area contributed by atoms with Crippen molar-refractivity contribution in [2.24, 2.45) is 0 Å². The number of hydrogen-bond acceptors (Lipinski definition) is 4. The molecule has 4 aromatic rings. The van der Waals surface area contributed by atoms with Crippen molar-refractivity contribution in [2.75, 3.05) is 4.90 Å². The van der Waals surface area contributed by atoms with E-state index in [0.717, 1.165) is 27.0 Å². The van der Waals surface area contributed by atoms with Crippen molar-refractivity contribution in [3.05, 3.63) is 88.2 Å². The minimum absolute atomic E-state index is 0.0861. The predicted octanol–water partition coefficient (Wildman–Crippen LogP) is 5.81. The molecule has 0 aliphatic heterocycles. The van der Waals surface area contributed by atoms with Crippen molar-refractivity contribution in [3.63, 3.8) is 0 Å². The summed E-state index contributed by atoms with van der Waals surface area (Å²) in [5.41, 5.74) is 4.28. The van der Waals surface area contributed by atoms with E-state index in [1.807, 2.05) is 68.4 Å². The Morgan fingerprint density at radius 3 is 2.75 bits per heavy atom. The lowest BCUT2D eigenvalue weighted by Crippen LogP contribution is -2.31. The summed E-state index contributed by atoms with van der Waals surface area (Å²) in [6.45, 7) is 4.28. The van der Waals surface area contributed by atoms with Crippen LogP contribution in [0.4, 0.5) is 5.13 Å². The van der Waals surface area contributed by atoms with E-state index in [2.05, 4.69) is 9.97 Å². The summed E-state index contributed by atoms with van der Waals surface area (Å²) in [5, 5.41) is 1.29. The van der Waals surface area contributed by atoms with Gasteiger partial charge >= 0.3 is 0 Å². The molecule has 0 fully saturated rings. The molecule has 1 amide bonds. The number of halogens is 1. The number of rotatable bonds is 4. The van der Waals surface area contributed by atoms with Crippen LogP contribution in [0.5, 0.6) is 0 Å². The summed E-state index contributed by atoms with van der Waals surface area (Å²) < 4.78 is 0.947. The van der Waals surface area contributed by atoms with Crippen molar-refractivity contribution in [1.29, 1.82) is 0 Å². The molecule has 0 atom stereocenters. The van der Waals surface area contributed by atoms with Gasteiger partial charge in [-0.3, -0.25) is 14.7 Å². The third kappa shape index (κ3) is 3.77. The van der Waals surface area contributed by atoms with Crippen LogP contribution in [-0.2, 0) is 6.54 Å². The van der Waals surface area contributed by atoms with E-state index in [1.54, 1.807) is 11.1 Å². The second-order valence-electron chi connectivity index (χ2n) is 6.64. The number of aryl methyl sites for hydroxylation is 2. The Labute approximate surface area is 172 Å². The summed E-state index contributed by atoms with van der Waals surface area (Å²) in [7, 11) is 0. The number of pyridine rings is 1. The maximum Gasteiger partial charge on any atom is 0.260 e. The Bertz CT molecular complexity index is 1160. The Hall–Kier alpha value is -2.76. The monoisotopic (exact) mass is 407 g/mol. The van der Waals surface area contributed by atoms with Crippen LogP contribution in [0.2, 0.25) is 5.02 Å². The minimum atomic E-state index is -0.0861. The van der Waals surface area contributed by atoms with Crippen LogP contribution in [0, 0.1) is 13.8 Å². The molecule has 4 nitrogen and oxygen atoms in total. The molecule has 2 aromatic heterocycles. The fourth-order valence-electron chi connectivity index (χ4n) is 2.99. The second-order valence-corrected chi connectivity index (χ2v) is 8.08. The van der Waals surface area contributed by atoms with Crippen LogP contribution in [-0.4, -0.2) is 15.9 Å². The van der Waals surface area contributed by atoms with Gasteiger partial charge in [0.25, 0.3) is 5.91 Å². The highest BCUT2D eigenvalue weighted by Gasteiger charge is 2.23. The van der Waals surface area contributed by atoms with Crippen molar-refractivity contribution < 1.29 is 4.79 Å². The minimum Gasteiger partial charge on any atom is -0.278 e. The summed E-state index contributed by atoms with van der Waals surface area (Å²) in [4.78, 5) is 24.3. The summed E-state index contributed by atoms with van der Waals surface area (Å²) >= 11 is 7.58. The average molecular weight is 408 g/mol. The first kappa shape index (κ1) is 18.6. The number of carbonyl (C=O) groups is 1. The fourth-order valence-corrected chi connectivity index (χ4v) is 4.23. The second kappa shape index (κ2) is 7.70. The lowest BCUT2D eigenvalue weighted by molar-refractivity contribution is 0.0984. The topological polar surface area (TPSA) is 46.1 Å². The standard InChI is InChI=1S/C22H18ClN3OS/c1-14-6-7-15(2)18(11-14)21(27)26(13-17-5-3-4-10-24-17)22-25-19-9-8-16(23)12-20(19)28-22/h3-12H,13H2,1-2H3. The number of benzene rings is 2. The van der Waals surface area contributed by atoms with Crippen molar-refractivity contribution in [2.45, 2.75) is 20.4 Å². The number of anilines is 1. The molecule has 6 heteroatoms. The van der Waals surface area contributed by atoms with Gasteiger partial charge in [-0.05, 0) is 55.8 Å². The average Bonchev–Trinajstić information content (AvgIpc) is 3.11. The zero-order valence-electron chi connectivity index (χ0n) is 15.5. The van der Waals surface area contributed by atoms with Crippen molar-refractivity contribution in [3.8, 4) is 0 Å². The predicted molar refractivity (Wildman–Crippen MR) is 115 cm³/mol. The number of carbonyl (C=O) groups excluding carboxylic acids is 1. The van der Waals surface area contributed by atoms with Crippen LogP contribution in [0.15, 0.2) is 60.8 Å². The molecule has 0 aliphatic rings. The van der Waals surface area contributed by atoms with Crippen molar-refractivity contribution in [1.82, 2.24) is 9.97 Å². The maximum absolute atomic E-state index is 13.5. The molecule has 0 saturated heterocycles. The first-order valence-electron chi connectivity index (χ1n) is 8.86. The van der Waals surface area contributed by atoms with E-state index in [4.69, 9.17) is 11.6 Å². The lowest BCUT2D eigenvalue weighted by atomic mass is 10.0. The van der Waals surface area contributed by atoms with Crippen LogP contribution in [0.3, 0.4) is 0 Å². The van der Waals surface area contributed by atoms with Crippen LogP contribution < -0.4 is 4.90 Å². The molecular weight excluding hydrogens is 390 g/mol. The molecular formula is C22H18ClN3OS. The first-order chi connectivity index (χ1) is 13.5. The van der Waals surface area contributed by atoms with Gasteiger partial charge in [-0.1, -0.05) is 46.7 Å². The van der Waals surface area contributed by atoms with Gasteiger partial charge in [0, 0.05) is 16.8 Å². The molecule has 140 valence electrons. The summed E-state index contributed by atoms with van der Waals surface area (Å²) in [6.07, 6.45) is 1.73. The summed E-state index contributed by atoms with van der Waals surface area (Å²) in [5.74, 6) is -0.0861. The first-order valence-corrected chi connectivity index (χ1v) is 10.1. The molecule has 0 radical (unpaired) electrons. The van der Waals surface area contributed by atoms with E-state index in [-0.39, 0.29) is 5.91 Å². The third-order valence-electron chi connectivity index (χ3n) is 4.48. The smallest absolute Gasteiger partial charge is 0.260 e. The van der Waals surface area contributed by atoms with Gasteiger partial charge in [-0.15, -0.1) is 0 Å². The van der Waals surface area contributed by atoms with Crippen LogP contribution in [0.1, 0.15) is 27.2 Å². The molecule has 0 unspecified atom stereocenters. The van der Waals surface area contributed by atoms with E-state index in [0.29, 0.717) is 22.3 Å². The largest absolute Gasteiger partial charge is 0.278 e. The number of fused-ring (bicyclic) bond motifs is 1. The van der Waals surface area contributed by atoms with E-state index >= 15 is 0 Å². The highest BCUT2D eigenvalue weighted by atomic mass is 35.5. The van der Waals surface area contributed by atoms with Crippen molar-refractivity contribution >= 4 is 44.2 Å². The number of nitrogens with zero attached hydrogens (tertiary/aromatic N) is 3. The SMILES string of the molecule is Cc1ccc(C)c(C(=O)N(Cc2ccccn2)c2nc3ccc(Cl)cc3s2)c1. The maximum atomic E-state index is 13.5. The van der Waals surface area contributed by atoms with Gasteiger partial charge in [-0.25, -0.2) is 4.98 Å². The van der Waals surface area contributed by atoms with Gasteiger partial charge < -0.3 is 0 Å². The third-order valence-corrected chi connectivity index (χ3v) is 5.76. The number of amides is 1. The van der Waals surface area contributed by atoms with Gasteiger partial charge in [0.2, 0.25) is 0 Å². The zero-order valence-corrected chi connectivity index (χ0v) is 17.1. The van der Waals surface area contributed by atoms with Gasteiger partial charge in [0.1, 0.15) is 0 Å². The molecule has 4 rings (SSSR count). The number of hydrogen-bond donors (Lipinski definition) is 0. The molecule has 0 N–H and O–H groups in total. The highest BCUT2D eigenvalue weighted by Crippen LogP contribution is 2.32. The quantitative estimate of drug-likeness (QED) is 0.429. The summed E-state index contributed by atoms with van der Waals surface area (Å²) in [6, 6.07) is 17.2. The molecule has 0 aliphatic carbocycles. The molecule has 0 spiro atoms. The number of aromatic nitrogens is 2. The van der Waals surface area contributed by atoms with E-state index in [9.17, 15) is 4.79 Å². The Balaban J connectivity index is 1.80. The lowest BCUT2D eigenvalue weighted by Gasteiger charge is -2.21. The number of thiazole rings is 1. The molecule has 2 aromatic carbocycles. The van der Waals surface area contributed by atoms with Gasteiger partial charge in [0.05, 0.1) is 22.5 Å². The Morgan fingerprint density at radius 2 is 1.96 bits per heavy atom. The van der Waals surface area contributed by atoms with E-state index < -0.39 is 0 Å². The molecule has 0 bridgehead atoms. The highest BCUT2D eigenvalue weighted by molar-refractivity contribution is 7.22. The fraction of sp³-hybridized carbons (Fsp3) is 0.136. The zero-order chi connectivity index (χ0) is 19.7. The van der Waals surface area contributed by atoms with Gasteiger partial charge in [-0.2, -0.15) is 0 Å². The molecule has 28 heavy (non-hydrogen) atoms. The van der Waals surface area contributed by atoms with Crippen LogP contribution in [0.25, 0.3) is 10.2 Å². The Kier molecular flexibility index (Phi) is 5.11. The normalized spacial score (nSPS) is 11.0. The molecule has 2 heterocycles. The Morgan fingerprint density at radius 1 is 1.11 bits per heavy atom. The molecule has 0 saturated carbocycles. The van der Waals surface area contributed by atoms with Crippen LogP contribution >= 0.6 is 22.9 Å². The van der Waals surface area contributed by atoms with Gasteiger partial charge in [0.15, 0.2) is 5.13 Å². The van der Waals surface area contributed by atoms with E-state index in [1.165, 1.54) is 11.3 Å².